The van der Waals surface area contributed by atoms with Crippen molar-refractivity contribution >= 4 is 11.6 Å². The van der Waals surface area contributed by atoms with E-state index in [-0.39, 0.29) is 5.91 Å². The Kier molecular flexibility index (Phi) is 3.36. The van der Waals surface area contributed by atoms with Gasteiger partial charge >= 0.3 is 0 Å². The molecule has 0 aliphatic carbocycles. The van der Waals surface area contributed by atoms with Crippen LogP contribution in [0, 0.1) is 0 Å². The molecule has 16 heavy (non-hydrogen) atoms. The quantitative estimate of drug-likeness (QED) is 0.779. The van der Waals surface area contributed by atoms with Crippen LogP contribution in [0.15, 0.2) is 18.3 Å². The van der Waals surface area contributed by atoms with E-state index in [0.29, 0.717) is 5.69 Å². The molecule has 0 saturated carbocycles. The van der Waals surface area contributed by atoms with Crippen molar-refractivity contribution in [2.45, 2.75) is 0 Å². The fourth-order valence-corrected chi connectivity index (χ4v) is 1.69. The van der Waals surface area contributed by atoms with Gasteiger partial charge in [-0.2, -0.15) is 0 Å². The van der Waals surface area contributed by atoms with Crippen molar-refractivity contribution in [3.8, 4) is 0 Å². The second-order valence-corrected chi connectivity index (χ2v) is 3.58. The molecule has 0 atom stereocenters. The third-order valence-corrected chi connectivity index (χ3v) is 2.58. The lowest BCUT2D eigenvalue weighted by atomic mass is 10.2. The molecular weight excluding hydrogens is 206 g/mol. The lowest BCUT2D eigenvalue weighted by Crippen LogP contribution is -2.36. The minimum absolute atomic E-state index is 0.157. The molecule has 5 heteroatoms. The van der Waals surface area contributed by atoms with Crippen LogP contribution in [-0.2, 0) is 4.74 Å². The zero-order chi connectivity index (χ0) is 11.4. The topological polar surface area (TPSA) is 54.5 Å². The van der Waals surface area contributed by atoms with Crippen LogP contribution in [0.1, 0.15) is 10.5 Å². The molecule has 86 valence electrons. The Labute approximate surface area is 94.4 Å². The van der Waals surface area contributed by atoms with Crippen molar-refractivity contribution in [2.75, 3.05) is 38.3 Å². The number of rotatable bonds is 2. The van der Waals surface area contributed by atoms with Crippen LogP contribution in [-0.4, -0.2) is 44.2 Å². The molecule has 1 N–H and O–H groups in total. The van der Waals surface area contributed by atoms with Crippen LogP contribution in [0.5, 0.6) is 0 Å². The molecular formula is C11H15N3O2. The zero-order valence-electron chi connectivity index (χ0n) is 9.27. The summed E-state index contributed by atoms with van der Waals surface area (Å²) in [5, 5.41) is 2.57. The molecule has 2 rings (SSSR count). The van der Waals surface area contributed by atoms with Crippen molar-refractivity contribution in [2.24, 2.45) is 0 Å². The van der Waals surface area contributed by atoms with Gasteiger partial charge in [0.25, 0.3) is 5.91 Å². The van der Waals surface area contributed by atoms with Gasteiger partial charge in [0.05, 0.1) is 13.2 Å². The van der Waals surface area contributed by atoms with E-state index in [0.717, 1.165) is 32.0 Å². The van der Waals surface area contributed by atoms with E-state index < -0.39 is 0 Å². The average Bonchev–Trinajstić information content (AvgIpc) is 2.39. The van der Waals surface area contributed by atoms with E-state index in [2.05, 4.69) is 15.2 Å². The molecule has 0 aromatic carbocycles. The Bertz CT molecular complexity index is 375. The Morgan fingerprint density at radius 3 is 2.94 bits per heavy atom. The van der Waals surface area contributed by atoms with Gasteiger partial charge in [-0.1, -0.05) is 0 Å². The molecule has 0 unspecified atom stereocenters. The first-order chi connectivity index (χ1) is 7.81. The summed E-state index contributed by atoms with van der Waals surface area (Å²) in [7, 11) is 1.60. The monoisotopic (exact) mass is 221 g/mol. The molecule has 5 nitrogen and oxygen atoms in total. The number of nitrogens with one attached hydrogen (secondary N) is 1. The highest BCUT2D eigenvalue weighted by atomic mass is 16.5. The molecule has 0 radical (unpaired) electrons. The molecule has 1 aromatic heterocycles. The molecule has 1 aliphatic rings. The number of amides is 1. The lowest BCUT2D eigenvalue weighted by Gasteiger charge is -2.28. The predicted octanol–water partition coefficient (Wildman–Crippen LogP) is 0.278. The van der Waals surface area contributed by atoms with Gasteiger partial charge in [-0.15, -0.1) is 0 Å². The summed E-state index contributed by atoms with van der Waals surface area (Å²) in [4.78, 5) is 17.7. The number of carbonyl (C=O) groups excluding carboxylic acids is 1. The first-order valence-corrected chi connectivity index (χ1v) is 5.32. The fourth-order valence-electron chi connectivity index (χ4n) is 1.69. The average molecular weight is 221 g/mol. The summed E-state index contributed by atoms with van der Waals surface area (Å²) in [6.45, 7) is 3.18. The third-order valence-electron chi connectivity index (χ3n) is 2.58. The van der Waals surface area contributed by atoms with E-state index in [4.69, 9.17) is 4.74 Å². The maximum Gasteiger partial charge on any atom is 0.269 e. The number of hydrogen-bond acceptors (Lipinski definition) is 4. The van der Waals surface area contributed by atoms with E-state index >= 15 is 0 Å². The summed E-state index contributed by atoms with van der Waals surface area (Å²) in [5.41, 5.74) is 1.48. The van der Waals surface area contributed by atoms with Gasteiger partial charge in [-0.3, -0.25) is 9.78 Å². The Morgan fingerprint density at radius 2 is 2.25 bits per heavy atom. The molecule has 2 heterocycles. The van der Waals surface area contributed by atoms with Crippen molar-refractivity contribution in [1.82, 2.24) is 10.3 Å². The lowest BCUT2D eigenvalue weighted by molar-refractivity contribution is 0.0958. The highest BCUT2D eigenvalue weighted by Crippen LogP contribution is 2.15. The molecule has 1 amide bonds. The largest absolute Gasteiger partial charge is 0.378 e. The van der Waals surface area contributed by atoms with Gasteiger partial charge in [0.1, 0.15) is 5.69 Å². The normalized spacial score (nSPS) is 15.9. The Balaban J connectivity index is 2.17. The predicted molar refractivity (Wildman–Crippen MR) is 60.7 cm³/mol. The maximum atomic E-state index is 11.4. The van der Waals surface area contributed by atoms with Crippen LogP contribution in [0.25, 0.3) is 0 Å². The molecule has 1 fully saturated rings. The van der Waals surface area contributed by atoms with Crippen LogP contribution in [0.4, 0.5) is 5.69 Å². The Hall–Kier alpha value is -1.62. The second-order valence-electron chi connectivity index (χ2n) is 3.58. The number of hydrogen-bond donors (Lipinski definition) is 1. The summed E-state index contributed by atoms with van der Waals surface area (Å²) >= 11 is 0. The first-order valence-electron chi connectivity index (χ1n) is 5.32. The number of anilines is 1. The SMILES string of the molecule is CNC(=O)c1cc(N2CCOCC2)ccn1. The molecule has 0 spiro atoms. The van der Waals surface area contributed by atoms with Crippen molar-refractivity contribution in [1.29, 1.82) is 0 Å². The number of ether oxygens (including phenoxy) is 1. The number of nitrogens with zero attached hydrogens (tertiary/aromatic N) is 2. The number of carbonyl (C=O) groups is 1. The van der Waals surface area contributed by atoms with Gasteiger partial charge in [0, 0.05) is 32.0 Å². The van der Waals surface area contributed by atoms with Crippen LogP contribution >= 0.6 is 0 Å². The smallest absolute Gasteiger partial charge is 0.269 e. The van der Waals surface area contributed by atoms with E-state index in [1.54, 1.807) is 13.2 Å². The first kappa shape index (κ1) is 10.9. The maximum absolute atomic E-state index is 11.4. The summed E-state index contributed by atoms with van der Waals surface area (Å²) in [6.07, 6.45) is 1.66. The van der Waals surface area contributed by atoms with Crippen molar-refractivity contribution in [3.63, 3.8) is 0 Å². The second kappa shape index (κ2) is 4.94. The van der Waals surface area contributed by atoms with Gasteiger partial charge < -0.3 is 15.0 Å². The van der Waals surface area contributed by atoms with Crippen LogP contribution in [0.3, 0.4) is 0 Å². The van der Waals surface area contributed by atoms with Gasteiger partial charge in [0.15, 0.2) is 0 Å². The fraction of sp³-hybridized carbons (Fsp3) is 0.455. The van der Waals surface area contributed by atoms with Gasteiger partial charge in [-0.05, 0) is 12.1 Å². The summed E-state index contributed by atoms with van der Waals surface area (Å²) < 4.78 is 5.28. The standard InChI is InChI=1S/C11H15N3O2/c1-12-11(15)10-8-9(2-3-13-10)14-4-6-16-7-5-14/h2-3,8H,4-7H2,1H3,(H,12,15). The molecule has 1 aliphatic heterocycles. The number of pyridine rings is 1. The van der Waals surface area contributed by atoms with Gasteiger partial charge in [-0.25, -0.2) is 0 Å². The summed E-state index contributed by atoms with van der Waals surface area (Å²) in [6, 6.07) is 3.72. The minimum atomic E-state index is -0.157. The van der Waals surface area contributed by atoms with Crippen molar-refractivity contribution < 1.29 is 9.53 Å². The highest BCUT2D eigenvalue weighted by molar-refractivity contribution is 5.92. The molecule has 0 bridgehead atoms. The number of aromatic nitrogens is 1. The minimum Gasteiger partial charge on any atom is -0.378 e. The third kappa shape index (κ3) is 2.30. The Morgan fingerprint density at radius 1 is 1.50 bits per heavy atom. The van der Waals surface area contributed by atoms with Gasteiger partial charge in [0.2, 0.25) is 0 Å². The molecule has 1 saturated heterocycles. The number of morpholine rings is 1. The summed E-state index contributed by atoms with van der Waals surface area (Å²) in [5.74, 6) is -0.157. The molecule has 1 aromatic rings. The zero-order valence-corrected chi connectivity index (χ0v) is 9.27. The van der Waals surface area contributed by atoms with E-state index in [1.165, 1.54) is 0 Å². The van der Waals surface area contributed by atoms with Crippen LogP contribution in [0.2, 0.25) is 0 Å². The van der Waals surface area contributed by atoms with E-state index in [9.17, 15) is 4.79 Å². The van der Waals surface area contributed by atoms with Crippen molar-refractivity contribution in [3.05, 3.63) is 24.0 Å². The highest BCUT2D eigenvalue weighted by Gasteiger charge is 2.13. The van der Waals surface area contributed by atoms with Crippen LogP contribution < -0.4 is 10.2 Å². The van der Waals surface area contributed by atoms with E-state index in [1.807, 2.05) is 12.1 Å².